The van der Waals surface area contributed by atoms with Crippen molar-refractivity contribution in [3.05, 3.63) is 0 Å². The van der Waals surface area contributed by atoms with Crippen LogP contribution < -0.4 is 5.32 Å². The molecule has 4 bridgehead atoms. The Morgan fingerprint density at radius 3 is 1.88 bits per heavy atom. The fraction of sp³-hybridized carbons (Fsp3) is 0.933. The lowest BCUT2D eigenvalue weighted by Gasteiger charge is -2.57. The van der Waals surface area contributed by atoms with Crippen LogP contribution in [0, 0.1) is 29.6 Å². The number of carbonyl (C=O) groups excluding carboxylic acids is 1. The smallest absolute Gasteiger partial charge is 0.223 e. The van der Waals surface area contributed by atoms with E-state index in [-0.39, 0.29) is 5.54 Å². The molecule has 0 spiro atoms. The molecule has 1 amide bonds. The van der Waals surface area contributed by atoms with Crippen molar-refractivity contribution in [2.75, 3.05) is 0 Å². The Morgan fingerprint density at radius 2 is 1.47 bits per heavy atom. The lowest BCUT2D eigenvalue weighted by atomic mass is 9.53. The molecule has 94 valence electrons. The molecule has 2 heteroatoms. The third kappa shape index (κ3) is 1.63. The summed E-state index contributed by atoms with van der Waals surface area (Å²) >= 11 is 0. The minimum Gasteiger partial charge on any atom is -0.350 e. The second-order valence-corrected chi connectivity index (χ2v) is 7.51. The van der Waals surface area contributed by atoms with Crippen LogP contribution in [0.5, 0.6) is 0 Å². The molecular weight excluding hydrogens is 210 g/mol. The fourth-order valence-corrected chi connectivity index (χ4v) is 5.31. The van der Waals surface area contributed by atoms with Gasteiger partial charge in [0.2, 0.25) is 5.91 Å². The van der Waals surface area contributed by atoms with Crippen molar-refractivity contribution in [2.45, 2.75) is 57.4 Å². The van der Waals surface area contributed by atoms with E-state index in [0.717, 1.165) is 24.2 Å². The molecule has 0 heterocycles. The first-order valence-electron chi connectivity index (χ1n) is 7.45. The monoisotopic (exact) mass is 233 g/mol. The molecule has 0 aromatic rings. The molecule has 2 atom stereocenters. The van der Waals surface area contributed by atoms with E-state index in [1.54, 1.807) is 0 Å². The normalized spacial score (nSPS) is 54.8. The van der Waals surface area contributed by atoms with Gasteiger partial charge >= 0.3 is 0 Å². The van der Waals surface area contributed by atoms with Crippen LogP contribution in [-0.2, 0) is 4.79 Å². The summed E-state index contributed by atoms with van der Waals surface area (Å²) in [5.74, 6) is 4.15. The zero-order valence-corrected chi connectivity index (χ0v) is 10.7. The molecule has 5 saturated carbocycles. The van der Waals surface area contributed by atoms with Gasteiger partial charge in [0.1, 0.15) is 0 Å². The largest absolute Gasteiger partial charge is 0.350 e. The lowest BCUT2D eigenvalue weighted by Crippen LogP contribution is -2.60. The van der Waals surface area contributed by atoms with Crippen molar-refractivity contribution in [1.29, 1.82) is 0 Å². The third-order valence-electron chi connectivity index (χ3n) is 5.87. The molecule has 0 radical (unpaired) electrons. The van der Waals surface area contributed by atoms with E-state index in [2.05, 4.69) is 12.2 Å². The van der Waals surface area contributed by atoms with Gasteiger partial charge in [0.25, 0.3) is 0 Å². The first-order valence-corrected chi connectivity index (χ1v) is 7.45. The summed E-state index contributed by atoms with van der Waals surface area (Å²) in [5.41, 5.74) is 0.230. The highest BCUT2D eigenvalue weighted by molar-refractivity contribution is 5.82. The van der Waals surface area contributed by atoms with Crippen LogP contribution in [0.15, 0.2) is 0 Å². The highest BCUT2D eigenvalue weighted by Gasteiger charge is 2.52. The summed E-state index contributed by atoms with van der Waals surface area (Å²) in [5, 5.41) is 3.48. The number of rotatable bonds is 2. The average molecular weight is 233 g/mol. The highest BCUT2D eigenvalue weighted by Crippen LogP contribution is 2.56. The number of carbonyl (C=O) groups is 1. The van der Waals surface area contributed by atoms with Gasteiger partial charge in [-0.15, -0.1) is 0 Å². The maximum absolute atomic E-state index is 12.2. The predicted octanol–water partition coefficient (Wildman–Crippen LogP) is 2.73. The van der Waals surface area contributed by atoms with Crippen molar-refractivity contribution < 1.29 is 4.79 Å². The SMILES string of the molecule is C[C@H]1C[C@@H]1C(=O)NC12CC3CC(CC(C3)C1)C2. The molecule has 0 saturated heterocycles. The molecule has 17 heavy (non-hydrogen) atoms. The van der Waals surface area contributed by atoms with E-state index in [9.17, 15) is 4.79 Å². The molecule has 5 rings (SSSR count). The van der Waals surface area contributed by atoms with Crippen molar-refractivity contribution in [1.82, 2.24) is 5.32 Å². The zero-order chi connectivity index (χ0) is 11.6. The molecule has 0 aromatic carbocycles. The van der Waals surface area contributed by atoms with Gasteiger partial charge in [-0.05, 0) is 68.6 Å². The first-order chi connectivity index (χ1) is 8.13. The highest BCUT2D eigenvalue weighted by atomic mass is 16.2. The molecule has 5 aliphatic rings. The Balaban J connectivity index is 1.51. The van der Waals surface area contributed by atoms with Crippen LogP contribution in [0.3, 0.4) is 0 Å². The van der Waals surface area contributed by atoms with Crippen molar-refractivity contribution in [3.63, 3.8) is 0 Å². The van der Waals surface area contributed by atoms with Crippen molar-refractivity contribution >= 4 is 5.91 Å². The van der Waals surface area contributed by atoms with Crippen LogP contribution in [0.4, 0.5) is 0 Å². The third-order valence-corrected chi connectivity index (χ3v) is 5.87. The number of hydrogen-bond donors (Lipinski definition) is 1. The van der Waals surface area contributed by atoms with E-state index in [0.29, 0.717) is 17.7 Å². The van der Waals surface area contributed by atoms with Crippen LogP contribution in [0.1, 0.15) is 51.9 Å². The quantitative estimate of drug-likeness (QED) is 0.780. The van der Waals surface area contributed by atoms with Gasteiger partial charge < -0.3 is 5.32 Å². The van der Waals surface area contributed by atoms with E-state index in [4.69, 9.17) is 0 Å². The van der Waals surface area contributed by atoms with Gasteiger partial charge in [-0.1, -0.05) is 6.92 Å². The van der Waals surface area contributed by atoms with E-state index in [1.165, 1.54) is 38.5 Å². The topological polar surface area (TPSA) is 29.1 Å². The standard InChI is InChI=1S/C15H23NO/c1-9-2-13(9)14(17)16-15-6-10-3-11(7-15)5-12(4-10)8-15/h9-13H,2-8H2,1H3,(H,16,17)/t9-,10?,11?,12?,13-,15?/m0/s1. The molecule has 0 aliphatic heterocycles. The minimum atomic E-state index is 0.230. The summed E-state index contributed by atoms with van der Waals surface area (Å²) in [6, 6.07) is 0. The molecule has 0 aromatic heterocycles. The number of hydrogen-bond acceptors (Lipinski definition) is 1. The van der Waals surface area contributed by atoms with Gasteiger partial charge in [-0.3, -0.25) is 4.79 Å². The maximum atomic E-state index is 12.2. The fourth-order valence-electron chi connectivity index (χ4n) is 5.31. The molecule has 0 unspecified atom stereocenters. The lowest BCUT2D eigenvalue weighted by molar-refractivity contribution is -0.128. The zero-order valence-electron chi connectivity index (χ0n) is 10.7. The number of amides is 1. The molecule has 1 N–H and O–H groups in total. The van der Waals surface area contributed by atoms with Gasteiger partial charge in [0.15, 0.2) is 0 Å². The predicted molar refractivity (Wildman–Crippen MR) is 66.3 cm³/mol. The summed E-state index contributed by atoms with van der Waals surface area (Å²) in [7, 11) is 0. The second kappa shape index (κ2) is 3.27. The Morgan fingerprint density at radius 1 is 1.00 bits per heavy atom. The Labute approximate surface area is 104 Å². The number of nitrogens with one attached hydrogen (secondary N) is 1. The van der Waals surface area contributed by atoms with Crippen molar-refractivity contribution in [3.8, 4) is 0 Å². The van der Waals surface area contributed by atoms with Crippen LogP contribution in [0.2, 0.25) is 0 Å². The second-order valence-electron chi connectivity index (χ2n) is 7.51. The summed E-state index contributed by atoms with van der Waals surface area (Å²) in [6.07, 6.45) is 9.33. The summed E-state index contributed by atoms with van der Waals surface area (Å²) in [6.45, 7) is 2.20. The summed E-state index contributed by atoms with van der Waals surface area (Å²) in [4.78, 5) is 12.2. The minimum absolute atomic E-state index is 0.230. The first kappa shape index (κ1) is 10.4. The Bertz CT molecular complexity index is 327. The molecule has 5 fully saturated rings. The van der Waals surface area contributed by atoms with Gasteiger partial charge in [-0.25, -0.2) is 0 Å². The van der Waals surface area contributed by atoms with Gasteiger partial charge in [0.05, 0.1) is 0 Å². The van der Waals surface area contributed by atoms with Crippen LogP contribution >= 0.6 is 0 Å². The van der Waals surface area contributed by atoms with Crippen LogP contribution in [-0.4, -0.2) is 11.4 Å². The average Bonchev–Trinajstić information content (AvgIpc) is 2.92. The van der Waals surface area contributed by atoms with Gasteiger partial charge in [-0.2, -0.15) is 0 Å². The van der Waals surface area contributed by atoms with Gasteiger partial charge in [0, 0.05) is 11.5 Å². The van der Waals surface area contributed by atoms with Crippen LogP contribution in [0.25, 0.3) is 0 Å². The maximum Gasteiger partial charge on any atom is 0.223 e. The van der Waals surface area contributed by atoms with E-state index in [1.807, 2.05) is 0 Å². The van der Waals surface area contributed by atoms with E-state index >= 15 is 0 Å². The summed E-state index contributed by atoms with van der Waals surface area (Å²) < 4.78 is 0. The van der Waals surface area contributed by atoms with E-state index < -0.39 is 0 Å². The Kier molecular flexibility index (Phi) is 2.00. The van der Waals surface area contributed by atoms with Crippen molar-refractivity contribution in [2.24, 2.45) is 29.6 Å². The molecular formula is C15H23NO. The molecule has 2 nitrogen and oxygen atoms in total. The Hall–Kier alpha value is -0.530. The molecule has 5 aliphatic carbocycles.